The van der Waals surface area contributed by atoms with E-state index >= 15 is 0 Å². The van der Waals surface area contributed by atoms with E-state index in [1.54, 1.807) is 43.3 Å². The molecule has 0 spiro atoms. The summed E-state index contributed by atoms with van der Waals surface area (Å²) in [7, 11) is -4.00. The minimum Gasteiger partial charge on any atom is -0.370 e. The quantitative estimate of drug-likeness (QED) is 0.392. The fourth-order valence-electron chi connectivity index (χ4n) is 4.38. The van der Waals surface area contributed by atoms with Gasteiger partial charge >= 0.3 is 0 Å². The van der Waals surface area contributed by atoms with E-state index < -0.39 is 16.1 Å². The van der Waals surface area contributed by atoms with Gasteiger partial charge in [0.05, 0.1) is 5.69 Å². The summed E-state index contributed by atoms with van der Waals surface area (Å²) in [5.74, 6) is -0.961. The minimum absolute atomic E-state index is 0.0433. The summed E-state index contributed by atoms with van der Waals surface area (Å²) >= 11 is 5.92. The number of benzene rings is 3. The number of piperidine rings is 1. The van der Waals surface area contributed by atoms with Gasteiger partial charge in [-0.2, -0.15) is 0 Å². The summed E-state index contributed by atoms with van der Waals surface area (Å²) in [5.41, 5.74) is 7.52. The van der Waals surface area contributed by atoms with Crippen molar-refractivity contribution in [3.8, 4) is 0 Å². The van der Waals surface area contributed by atoms with Crippen molar-refractivity contribution in [2.45, 2.75) is 30.7 Å². The Balaban J connectivity index is 1.65. The zero-order valence-corrected chi connectivity index (χ0v) is 21.9. The normalized spacial score (nSPS) is 15.2. The predicted molar refractivity (Wildman–Crippen MR) is 145 cm³/mol. The molecular weight excluding hydrogens is 512 g/mol. The number of primary amides is 1. The molecule has 1 saturated heterocycles. The number of carbonyl (C=O) groups is 2. The number of carbonyl (C=O) groups excluding carboxylic acids is 2. The largest absolute Gasteiger partial charge is 0.370 e. The van der Waals surface area contributed by atoms with Gasteiger partial charge in [-0.25, -0.2) is 13.1 Å². The molecule has 4 rings (SSSR count). The van der Waals surface area contributed by atoms with Crippen LogP contribution in [0.5, 0.6) is 0 Å². The van der Waals surface area contributed by atoms with Crippen LogP contribution in [0, 0.1) is 5.92 Å². The van der Waals surface area contributed by atoms with Gasteiger partial charge in [-0.3, -0.25) is 9.59 Å². The van der Waals surface area contributed by atoms with E-state index in [2.05, 4.69) is 10.0 Å². The maximum absolute atomic E-state index is 13.7. The first-order valence-corrected chi connectivity index (χ1v) is 13.8. The van der Waals surface area contributed by atoms with E-state index in [0.29, 0.717) is 47.9 Å². The van der Waals surface area contributed by atoms with Crippen LogP contribution < -0.4 is 20.7 Å². The molecule has 8 nitrogen and oxygen atoms in total. The van der Waals surface area contributed by atoms with Crippen LogP contribution in [0.1, 0.15) is 41.7 Å². The van der Waals surface area contributed by atoms with Gasteiger partial charge < -0.3 is 16.0 Å². The average molecular weight is 541 g/mol. The summed E-state index contributed by atoms with van der Waals surface area (Å²) in [5, 5.41) is 3.28. The van der Waals surface area contributed by atoms with Crippen molar-refractivity contribution in [2.24, 2.45) is 11.7 Å². The van der Waals surface area contributed by atoms with E-state index in [-0.39, 0.29) is 22.6 Å². The summed E-state index contributed by atoms with van der Waals surface area (Å²) in [6, 6.07) is 20.0. The van der Waals surface area contributed by atoms with Crippen molar-refractivity contribution in [3.63, 3.8) is 0 Å². The molecule has 37 heavy (non-hydrogen) atoms. The smallest absolute Gasteiger partial charge is 0.255 e. The van der Waals surface area contributed by atoms with E-state index in [0.717, 1.165) is 5.56 Å². The van der Waals surface area contributed by atoms with E-state index in [9.17, 15) is 18.0 Å². The molecule has 1 aliphatic heterocycles. The third kappa shape index (κ3) is 6.49. The van der Waals surface area contributed by atoms with Gasteiger partial charge in [0.2, 0.25) is 15.9 Å². The van der Waals surface area contributed by atoms with Gasteiger partial charge in [-0.15, -0.1) is 0 Å². The lowest BCUT2D eigenvalue weighted by Crippen LogP contribution is -2.39. The van der Waals surface area contributed by atoms with Crippen molar-refractivity contribution >= 4 is 44.8 Å². The highest BCUT2D eigenvalue weighted by molar-refractivity contribution is 7.89. The Morgan fingerprint density at radius 3 is 2.27 bits per heavy atom. The molecule has 1 aliphatic rings. The van der Waals surface area contributed by atoms with Crippen LogP contribution in [0.2, 0.25) is 5.02 Å². The molecule has 0 unspecified atom stereocenters. The Bertz CT molecular complexity index is 1370. The molecule has 1 fully saturated rings. The number of amides is 2. The number of rotatable bonds is 8. The van der Waals surface area contributed by atoms with Gasteiger partial charge in [0, 0.05) is 41.3 Å². The second-order valence-corrected chi connectivity index (χ2v) is 11.2. The molecule has 3 aromatic carbocycles. The van der Waals surface area contributed by atoms with E-state index in [4.69, 9.17) is 17.3 Å². The SMILES string of the molecule is C[C@@H](NS(=O)(=O)c1cc(NC(=O)c2ccc(Cl)cc2)ccc1N1CCC(C(N)=O)CC1)c1ccccc1. The third-order valence-corrected chi connectivity index (χ3v) is 8.30. The van der Waals surface area contributed by atoms with Crippen LogP contribution in [0.15, 0.2) is 77.7 Å². The van der Waals surface area contributed by atoms with Crippen molar-refractivity contribution < 1.29 is 18.0 Å². The van der Waals surface area contributed by atoms with Crippen LogP contribution in [-0.4, -0.2) is 33.3 Å². The summed E-state index contributed by atoms with van der Waals surface area (Å²) < 4.78 is 30.1. The summed E-state index contributed by atoms with van der Waals surface area (Å²) in [4.78, 5) is 26.4. The van der Waals surface area contributed by atoms with Crippen molar-refractivity contribution in [2.75, 3.05) is 23.3 Å². The predicted octanol–water partition coefficient (Wildman–Crippen LogP) is 4.33. The Kier molecular flexibility index (Phi) is 8.16. The lowest BCUT2D eigenvalue weighted by Gasteiger charge is -2.33. The van der Waals surface area contributed by atoms with Crippen LogP contribution in [-0.2, 0) is 14.8 Å². The molecule has 2 amide bonds. The van der Waals surface area contributed by atoms with Gasteiger partial charge in [-0.1, -0.05) is 41.9 Å². The van der Waals surface area contributed by atoms with Crippen LogP contribution in [0.3, 0.4) is 0 Å². The lowest BCUT2D eigenvalue weighted by molar-refractivity contribution is -0.122. The molecule has 3 aromatic rings. The standard InChI is InChI=1S/C27H29ClN4O4S/c1-18(19-5-3-2-4-6-19)31-37(35,36)25-17-23(30-27(34)21-7-9-22(28)10-8-21)11-12-24(25)32-15-13-20(14-16-32)26(29)33/h2-12,17-18,20,31H,13-16H2,1H3,(H2,29,33)(H,30,34)/t18-/m1/s1. The highest BCUT2D eigenvalue weighted by atomic mass is 35.5. The van der Waals surface area contributed by atoms with Crippen LogP contribution >= 0.6 is 11.6 Å². The lowest BCUT2D eigenvalue weighted by atomic mass is 9.96. The average Bonchev–Trinajstić information content (AvgIpc) is 2.89. The highest BCUT2D eigenvalue weighted by Crippen LogP contribution is 2.33. The Morgan fingerprint density at radius 1 is 1.00 bits per heavy atom. The van der Waals surface area contributed by atoms with Crippen LogP contribution in [0.25, 0.3) is 0 Å². The summed E-state index contributed by atoms with van der Waals surface area (Å²) in [6.45, 7) is 2.75. The first-order chi connectivity index (χ1) is 17.6. The molecule has 4 N–H and O–H groups in total. The van der Waals surface area contributed by atoms with Gasteiger partial charge in [0.1, 0.15) is 4.90 Å². The zero-order valence-electron chi connectivity index (χ0n) is 20.4. The Labute approximate surface area is 221 Å². The fraction of sp³-hybridized carbons (Fsp3) is 0.259. The van der Waals surface area contributed by atoms with E-state index in [1.807, 2.05) is 35.2 Å². The molecule has 10 heteroatoms. The Morgan fingerprint density at radius 2 is 1.65 bits per heavy atom. The van der Waals surface area contributed by atoms with Gasteiger partial charge in [0.25, 0.3) is 5.91 Å². The van der Waals surface area contributed by atoms with Crippen LogP contribution in [0.4, 0.5) is 11.4 Å². The molecule has 0 bridgehead atoms. The number of halogens is 1. The van der Waals surface area contributed by atoms with Crippen molar-refractivity contribution in [1.82, 2.24) is 4.72 Å². The third-order valence-electron chi connectivity index (χ3n) is 6.48. The second kappa shape index (κ2) is 11.3. The number of hydrogen-bond acceptors (Lipinski definition) is 5. The molecule has 0 aromatic heterocycles. The first kappa shape index (κ1) is 26.7. The molecular formula is C27H29ClN4O4S. The monoisotopic (exact) mass is 540 g/mol. The fourth-order valence-corrected chi connectivity index (χ4v) is 5.99. The molecule has 1 heterocycles. The second-order valence-electron chi connectivity index (χ2n) is 9.06. The molecule has 194 valence electrons. The maximum Gasteiger partial charge on any atom is 0.255 e. The number of nitrogens with one attached hydrogen (secondary N) is 2. The highest BCUT2D eigenvalue weighted by Gasteiger charge is 2.29. The number of nitrogens with zero attached hydrogens (tertiary/aromatic N) is 1. The molecule has 0 radical (unpaired) electrons. The molecule has 0 aliphatic carbocycles. The molecule has 1 atom stereocenters. The number of hydrogen-bond donors (Lipinski definition) is 3. The molecule has 0 saturated carbocycles. The number of nitrogens with two attached hydrogens (primary N) is 1. The van der Waals surface area contributed by atoms with Crippen molar-refractivity contribution in [1.29, 1.82) is 0 Å². The summed E-state index contributed by atoms with van der Waals surface area (Å²) in [6.07, 6.45) is 1.08. The Hall–Kier alpha value is -3.40. The maximum atomic E-state index is 13.7. The number of anilines is 2. The van der Waals surface area contributed by atoms with E-state index in [1.165, 1.54) is 6.07 Å². The van der Waals surface area contributed by atoms with Gasteiger partial charge in [-0.05, 0) is 67.8 Å². The first-order valence-electron chi connectivity index (χ1n) is 12.0. The number of sulfonamides is 1. The topological polar surface area (TPSA) is 122 Å². The minimum atomic E-state index is -4.00. The van der Waals surface area contributed by atoms with Gasteiger partial charge in [0.15, 0.2) is 0 Å². The zero-order chi connectivity index (χ0) is 26.6. The van der Waals surface area contributed by atoms with Crippen molar-refractivity contribution in [3.05, 3.63) is 88.9 Å².